The molecule has 0 radical (unpaired) electrons. The van der Waals surface area contributed by atoms with E-state index in [1.807, 2.05) is 19.9 Å². The third-order valence-electron chi connectivity index (χ3n) is 2.24. The highest BCUT2D eigenvalue weighted by Gasteiger charge is 2.18. The quantitative estimate of drug-likeness (QED) is 0.809. The van der Waals surface area contributed by atoms with E-state index in [2.05, 4.69) is 0 Å². The molecule has 0 saturated heterocycles. The van der Waals surface area contributed by atoms with Crippen molar-refractivity contribution >= 4 is 21.6 Å². The first-order valence-electron chi connectivity index (χ1n) is 5.60. The first-order valence-corrected chi connectivity index (χ1v) is 8.13. The van der Waals surface area contributed by atoms with E-state index in [9.17, 15) is 8.42 Å². The molecule has 1 aromatic carbocycles. The van der Waals surface area contributed by atoms with Crippen LogP contribution in [0.15, 0.2) is 34.1 Å². The Labute approximate surface area is 107 Å². The molecule has 3 nitrogen and oxygen atoms in total. The van der Waals surface area contributed by atoms with Gasteiger partial charge in [-0.3, -0.25) is 0 Å². The fourth-order valence-corrected chi connectivity index (χ4v) is 4.23. The summed E-state index contributed by atoms with van der Waals surface area (Å²) in [5.41, 5.74) is 0. The normalized spacial score (nSPS) is 13.6. The summed E-state index contributed by atoms with van der Waals surface area (Å²) in [4.78, 5) is 1.11. The first kappa shape index (κ1) is 14.5. The fourth-order valence-electron chi connectivity index (χ4n) is 1.44. The molecule has 0 amide bonds. The molecular formula is C12H18O3S2. The van der Waals surface area contributed by atoms with Crippen molar-refractivity contribution in [3.8, 4) is 0 Å². The van der Waals surface area contributed by atoms with Gasteiger partial charge >= 0.3 is 0 Å². The molecule has 1 unspecified atom stereocenters. The zero-order valence-corrected chi connectivity index (χ0v) is 11.7. The number of thioether (sulfide) groups is 1. The lowest BCUT2D eigenvalue weighted by Gasteiger charge is -2.12. The van der Waals surface area contributed by atoms with Crippen LogP contribution in [0.25, 0.3) is 0 Å². The van der Waals surface area contributed by atoms with Gasteiger partial charge in [-0.05, 0) is 18.6 Å². The van der Waals surface area contributed by atoms with Crippen molar-refractivity contribution in [3.05, 3.63) is 24.3 Å². The molecule has 0 aliphatic rings. The molecule has 1 N–H and O–H groups in total. The predicted molar refractivity (Wildman–Crippen MR) is 71.2 cm³/mol. The molecule has 5 heteroatoms. The summed E-state index contributed by atoms with van der Waals surface area (Å²) in [6, 6.07) is 6.98. The summed E-state index contributed by atoms with van der Waals surface area (Å²) in [7, 11) is -3.20. The molecule has 0 aliphatic carbocycles. The fraction of sp³-hybridized carbons (Fsp3) is 0.500. The van der Waals surface area contributed by atoms with E-state index in [4.69, 9.17) is 5.11 Å². The van der Waals surface area contributed by atoms with E-state index >= 15 is 0 Å². The predicted octanol–water partition coefficient (Wildman–Crippen LogP) is 2.34. The largest absolute Gasteiger partial charge is 0.395 e. The van der Waals surface area contributed by atoms with Crippen molar-refractivity contribution in [1.82, 2.24) is 0 Å². The minimum absolute atomic E-state index is 0.00650. The van der Waals surface area contributed by atoms with E-state index in [-0.39, 0.29) is 17.6 Å². The van der Waals surface area contributed by atoms with Gasteiger partial charge in [0.15, 0.2) is 9.84 Å². The van der Waals surface area contributed by atoms with Crippen LogP contribution in [0.1, 0.15) is 20.3 Å². The van der Waals surface area contributed by atoms with Crippen molar-refractivity contribution in [1.29, 1.82) is 0 Å². The second kappa shape index (κ2) is 6.42. The van der Waals surface area contributed by atoms with E-state index in [1.165, 1.54) is 11.8 Å². The molecule has 1 aromatic rings. The Kier molecular flexibility index (Phi) is 5.49. The summed E-state index contributed by atoms with van der Waals surface area (Å²) in [5, 5.41) is 9.02. The molecule has 0 heterocycles. The van der Waals surface area contributed by atoms with Gasteiger partial charge < -0.3 is 5.11 Å². The molecule has 17 heavy (non-hydrogen) atoms. The van der Waals surface area contributed by atoms with Gasteiger partial charge in [0.05, 0.1) is 17.3 Å². The molecule has 0 fully saturated rings. The first-order chi connectivity index (χ1) is 8.01. The van der Waals surface area contributed by atoms with Crippen LogP contribution in [0.4, 0.5) is 0 Å². The van der Waals surface area contributed by atoms with Gasteiger partial charge in [0.25, 0.3) is 0 Å². The van der Waals surface area contributed by atoms with Crippen LogP contribution < -0.4 is 0 Å². The molecule has 1 rings (SSSR count). The van der Waals surface area contributed by atoms with Crippen molar-refractivity contribution in [2.24, 2.45) is 0 Å². The van der Waals surface area contributed by atoms with E-state index in [0.717, 1.165) is 4.90 Å². The molecule has 0 spiro atoms. The topological polar surface area (TPSA) is 54.4 Å². The van der Waals surface area contributed by atoms with Crippen LogP contribution >= 0.6 is 11.8 Å². The Bertz CT molecular complexity index is 455. The second-order valence-electron chi connectivity index (χ2n) is 3.88. The van der Waals surface area contributed by atoms with Gasteiger partial charge in [-0.15, -0.1) is 11.8 Å². The number of rotatable bonds is 6. The molecule has 0 bridgehead atoms. The van der Waals surface area contributed by atoms with Gasteiger partial charge in [0, 0.05) is 10.1 Å². The van der Waals surface area contributed by atoms with Crippen molar-refractivity contribution in [2.75, 3.05) is 12.4 Å². The highest BCUT2D eigenvalue weighted by atomic mass is 32.2. The van der Waals surface area contributed by atoms with Crippen LogP contribution in [0.5, 0.6) is 0 Å². The standard InChI is InChI=1S/C12H18O3S2/c1-3-8-17(14,15)12-7-5-4-6-11(12)16-10(2)9-13/h4-7,10,13H,3,8-9H2,1-2H3. The lowest BCUT2D eigenvalue weighted by atomic mass is 10.4. The maximum absolute atomic E-state index is 12.0. The number of aliphatic hydroxyl groups is 1. The summed E-state index contributed by atoms with van der Waals surface area (Å²) in [6.45, 7) is 3.75. The number of benzene rings is 1. The van der Waals surface area contributed by atoms with Crippen LogP contribution in [0, 0.1) is 0 Å². The monoisotopic (exact) mass is 274 g/mol. The Hall–Kier alpha value is -0.520. The molecule has 0 aliphatic heterocycles. The SMILES string of the molecule is CCCS(=O)(=O)c1ccccc1SC(C)CO. The second-order valence-corrected chi connectivity index (χ2v) is 7.43. The third kappa shape index (κ3) is 4.01. The zero-order chi connectivity index (χ0) is 12.9. The van der Waals surface area contributed by atoms with Crippen molar-refractivity contribution < 1.29 is 13.5 Å². The van der Waals surface area contributed by atoms with Gasteiger partial charge in [-0.1, -0.05) is 26.0 Å². The van der Waals surface area contributed by atoms with Gasteiger partial charge in [-0.25, -0.2) is 8.42 Å². The molecule has 1 atom stereocenters. The molecular weight excluding hydrogens is 256 g/mol. The Morgan fingerprint density at radius 2 is 2.00 bits per heavy atom. The minimum atomic E-state index is -3.20. The Morgan fingerprint density at radius 1 is 1.35 bits per heavy atom. The van der Waals surface area contributed by atoms with Crippen LogP contribution in [-0.4, -0.2) is 31.1 Å². The average molecular weight is 274 g/mol. The molecule has 0 saturated carbocycles. The number of sulfone groups is 1. The summed E-state index contributed by atoms with van der Waals surface area (Å²) in [5.74, 6) is 0.165. The van der Waals surface area contributed by atoms with Gasteiger partial charge in [0.2, 0.25) is 0 Å². The lowest BCUT2D eigenvalue weighted by Crippen LogP contribution is -2.09. The van der Waals surface area contributed by atoms with E-state index in [0.29, 0.717) is 11.3 Å². The van der Waals surface area contributed by atoms with Crippen LogP contribution in [0.3, 0.4) is 0 Å². The maximum atomic E-state index is 12.0. The highest BCUT2D eigenvalue weighted by Crippen LogP contribution is 2.30. The third-order valence-corrected chi connectivity index (χ3v) is 5.50. The lowest BCUT2D eigenvalue weighted by molar-refractivity contribution is 0.300. The highest BCUT2D eigenvalue weighted by molar-refractivity contribution is 8.00. The van der Waals surface area contributed by atoms with Crippen molar-refractivity contribution in [2.45, 2.75) is 35.3 Å². The zero-order valence-electron chi connectivity index (χ0n) is 10.1. The summed E-state index contributed by atoms with van der Waals surface area (Å²) < 4.78 is 24.1. The number of aliphatic hydroxyl groups excluding tert-OH is 1. The van der Waals surface area contributed by atoms with Crippen molar-refractivity contribution in [3.63, 3.8) is 0 Å². The average Bonchev–Trinajstić information content (AvgIpc) is 2.29. The van der Waals surface area contributed by atoms with E-state index in [1.54, 1.807) is 18.2 Å². The summed E-state index contributed by atoms with van der Waals surface area (Å²) in [6.07, 6.45) is 0.608. The summed E-state index contributed by atoms with van der Waals surface area (Å²) >= 11 is 1.39. The van der Waals surface area contributed by atoms with E-state index < -0.39 is 9.84 Å². The van der Waals surface area contributed by atoms with Crippen LogP contribution in [-0.2, 0) is 9.84 Å². The molecule has 0 aromatic heterocycles. The van der Waals surface area contributed by atoms with Gasteiger partial charge in [0.1, 0.15) is 0 Å². The van der Waals surface area contributed by atoms with Crippen LogP contribution in [0.2, 0.25) is 0 Å². The number of hydrogen-bond donors (Lipinski definition) is 1. The Morgan fingerprint density at radius 3 is 2.59 bits per heavy atom. The Balaban J connectivity index is 3.08. The maximum Gasteiger partial charge on any atom is 0.179 e. The molecule has 96 valence electrons. The number of hydrogen-bond acceptors (Lipinski definition) is 4. The van der Waals surface area contributed by atoms with Gasteiger partial charge in [-0.2, -0.15) is 0 Å². The minimum Gasteiger partial charge on any atom is -0.395 e. The smallest absolute Gasteiger partial charge is 0.179 e.